The average molecular weight is 386 g/mol. The van der Waals surface area contributed by atoms with Crippen LogP contribution in [-0.4, -0.2) is 37.6 Å². The molecule has 0 aliphatic heterocycles. The summed E-state index contributed by atoms with van der Waals surface area (Å²) in [4.78, 5) is 12.2. The highest BCUT2D eigenvalue weighted by Gasteiger charge is 2.13. The monoisotopic (exact) mass is 386 g/mol. The minimum atomic E-state index is -0.436. The second-order valence-electron chi connectivity index (χ2n) is 5.26. The number of nitrogens with zero attached hydrogens (tertiary/aromatic N) is 2. The number of hydrogen-bond acceptors (Lipinski definition) is 7. The van der Waals surface area contributed by atoms with Gasteiger partial charge in [-0.3, -0.25) is 5.32 Å². The number of aromatic nitrogens is 2. The second kappa shape index (κ2) is 8.37. The second-order valence-corrected chi connectivity index (χ2v) is 6.24. The van der Waals surface area contributed by atoms with E-state index in [1.165, 1.54) is 11.3 Å². The first-order valence-electron chi connectivity index (χ1n) is 7.91. The molecule has 0 saturated carbocycles. The summed E-state index contributed by atoms with van der Waals surface area (Å²) in [6.45, 7) is 0. The lowest BCUT2D eigenvalue weighted by Crippen LogP contribution is -2.19. The lowest BCUT2D eigenvalue weighted by atomic mass is 10.2. The molecule has 140 valence electrons. The van der Waals surface area contributed by atoms with E-state index in [4.69, 9.17) is 14.2 Å². The van der Waals surface area contributed by atoms with E-state index in [0.717, 1.165) is 5.56 Å². The fraction of sp³-hybridized carbons (Fsp3) is 0.167. The van der Waals surface area contributed by atoms with Gasteiger partial charge in [0, 0.05) is 5.56 Å². The number of carbonyl (C=O) groups excluding carboxylic acids is 1. The largest absolute Gasteiger partial charge is 0.495 e. The number of urea groups is 1. The summed E-state index contributed by atoms with van der Waals surface area (Å²) in [5.74, 6) is 1.78. The van der Waals surface area contributed by atoms with E-state index in [2.05, 4.69) is 20.8 Å². The van der Waals surface area contributed by atoms with E-state index in [9.17, 15) is 4.79 Å². The van der Waals surface area contributed by atoms with Gasteiger partial charge in [0.2, 0.25) is 5.13 Å². The van der Waals surface area contributed by atoms with Gasteiger partial charge in [0.25, 0.3) is 0 Å². The quantitative estimate of drug-likeness (QED) is 0.668. The molecule has 0 aliphatic carbocycles. The van der Waals surface area contributed by atoms with Crippen molar-refractivity contribution < 1.29 is 19.0 Å². The highest BCUT2D eigenvalue weighted by atomic mass is 32.1. The van der Waals surface area contributed by atoms with Crippen molar-refractivity contribution in [2.24, 2.45) is 0 Å². The molecule has 3 rings (SSSR count). The smallest absolute Gasteiger partial charge is 0.325 e. The summed E-state index contributed by atoms with van der Waals surface area (Å²) in [5.41, 5.74) is 1.37. The highest BCUT2D eigenvalue weighted by Crippen LogP contribution is 2.34. The molecule has 3 aromatic rings. The van der Waals surface area contributed by atoms with Crippen LogP contribution in [0.1, 0.15) is 0 Å². The Hall–Kier alpha value is -3.33. The molecule has 0 spiro atoms. The summed E-state index contributed by atoms with van der Waals surface area (Å²) >= 11 is 1.25. The van der Waals surface area contributed by atoms with Gasteiger partial charge in [-0.2, -0.15) is 0 Å². The Morgan fingerprint density at radius 2 is 1.63 bits per heavy atom. The van der Waals surface area contributed by atoms with Crippen LogP contribution in [0.3, 0.4) is 0 Å². The molecule has 0 atom stereocenters. The normalized spacial score (nSPS) is 10.2. The molecular weight excluding hydrogens is 368 g/mol. The molecule has 0 fully saturated rings. The zero-order valence-electron chi connectivity index (χ0n) is 15.0. The number of ether oxygens (including phenoxy) is 3. The zero-order valence-corrected chi connectivity index (χ0v) is 15.8. The Labute approximate surface area is 160 Å². The minimum absolute atomic E-state index is 0.368. The van der Waals surface area contributed by atoms with E-state index < -0.39 is 6.03 Å². The number of hydrogen-bond donors (Lipinski definition) is 2. The van der Waals surface area contributed by atoms with Gasteiger partial charge >= 0.3 is 6.03 Å². The molecule has 0 saturated heterocycles. The molecule has 1 heterocycles. The third-order valence-electron chi connectivity index (χ3n) is 3.63. The molecule has 2 N–H and O–H groups in total. The van der Waals surface area contributed by atoms with Gasteiger partial charge in [0.05, 0.1) is 27.0 Å². The van der Waals surface area contributed by atoms with Crippen LogP contribution in [0.5, 0.6) is 17.2 Å². The van der Waals surface area contributed by atoms with Crippen LogP contribution in [0, 0.1) is 0 Å². The summed E-state index contributed by atoms with van der Waals surface area (Å²) in [6.07, 6.45) is 0. The number of nitrogens with one attached hydrogen (secondary N) is 2. The van der Waals surface area contributed by atoms with Crippen molar-refractivity contribution in [1.29, 1.82) is 0 Å². The van der Waals surface area contributed by atoms with Crippen LogP contribution in [0.25, 0.3) is 10.6 Å². The molecule has 0 radical (unpaired) electrons. The van der Waals surface area contributed by atoms with Gasteiger partial charge in [-0.15, -0.1) is 10.2 Å². The number of benzene rings is 2. The van der Waals surface area contributed by atoms with Crippen molar-refractivity contribution in [3.8, 4) is 27.8 Å². The molecule has 0 aliphatic rings. The molecule has 1 aromatic heterocycles. The molecule has 8 nitrogen and oxygen atoms in total. The van der Waals surface area contributed by atoms with Crippen LogP contribution < -0.4 is 24.8 Å². The third-order valence-corrected chi connectivity index (χ3v) is 4.52. The van der Waals surface area contributed by atoms with E-state index in [1.54, 1.807) is 51.7 Å². The Kier molecular flexibility index (Phi) is 5.72. The van der Waals surface area contributed by atoms with Crippen LogP contribution >= 0.6 is 11.3 Å². The van der Waals surface area contributed by atoms with E-state index >= 15 is 0 Å². The maximum atomic E-state index is 12.2. The van der Waals surface area contributed by atoms with Crippen LogP contribution in [0.15, 0.2) is 42.5 Å². The van der Waals surface area contributed by atoms with Gasteiger partial charge in [-0.05, 0) is 30.3 Å². The first-order chi connectivity index (χ1) is 13.1. The van der Waals surface area contributed by atoms with Gasteiger partial charge < -0.3 is 19.5 Å². The summed E-state index contributed by atoms with van der Waals surface area (Å²) < 4.78 is 15.7. The van der Waals surface area contributed by atoms with Gasteiger partial charge in [-0.1, -0.05) is 23.5 Å². The lowest BCUT2D eigenvalue weighted by Gasteiger charge is -2.09. The van der Waals surface area contributed by atoms with E-state index in [1.807, 2.05) is 12.1 Å². The molecule has 0 bridgehead atoms. The minimum Gasteiger partial charge on any atom is -0.495 e. The van der Waals surface area contributed by atoms with Crippen molar-refractivity contribution in [3.63, 3.8) is 0 Å². The fourth-order valence-corrected chi connectivity index (χ4v) is 3.09. The van der Waals surface area contributed by atoms with E-state index in [-0.39, 0.29) is 0 Å². The number of anilines is 2. The zero-order chi connectivity index (χ0) is 19.2. The Balaban J connectivity index is 1.71. The number of para-hydroxylation sites is 2. The lowest BCUT2D eigenvalue weighted by molar-refractivity contribution is 0.262. The first-order valence-corrected chi connectivity index (χ1v) is 8.73. The molecule has 2 amide bonds. The predicted molar refractivity (Wildman–Crippen MR) is 104 cm³/mol. The number of rotatable bonds is 6. The SMILES string of the molecule is COc1ccccc1NC(=O)Nc1nnc(-c2ccc(OC)c(OC)c2)s1. The molecule has 0 unspecified atom stereocenters. The Bertz CT molecular complexity index is 945. The van der Waals surface area contributed by atoms with Crippen molar-refractivity contribution >= 4 is 28.2 Å². The Morgan fingerprint density at radius 3 is 2.37 bits per heavy atom. The maximum Gasteiger partial charge on any atom is 0.325 e. The number of amides is 2. The number of carbonyl (C=O) groups is 1. The summed E-state index contributed by atoms with van der Waals surface area (Å²) in [6, 6.07) is 12.1. The van der Waals surface area contributed by atoms with Crippen LogP contribution in [0.4, 0.5) is 15.6 Å². The van der Waals surface area contributed by atoms with Crippen LogP contribution in [-0.2, 0) is 0 Å². The highest BCUT2D eigenvalue weighted by molar-refractivity contribution is 7.18. The van der Waals surface area contributed by atoms with Crippen molar-refractivity contribution in [1.82, 2.24) is 10.2 Å². The van der Waals surface area contributed by atoms with Gasteiger partial charge in [0.15, 0.2) is 11.5 Å². The van der Waals surface area contributed by atoms with Crippen molar-refractivity contribution in [2.75, 3.05) is 32.0 Å². The molecular formula is C18H18N4O4S. The van der Waals surface area contributed by atoms with Gasteiger partial charge in [-0.25, -0.2) is 4.79 Å². The molecule has 9 heteroatoms. The predicted octanol–water partition coefficient (Wildman–Crippen LogP) is 3.87. The van der Waals surface area contributed by atoms with Crippen molar-refractivity contribution in [2.45, 2.75) is 0 Å². The first kappa shape index (κ1) is 18.5. The van der Waals surface area contributed by atoms with Crippen molar-refractivity contribution in [3.05, 3.63) is 42.5 Å². The molecule has 2 aromatic carbocycles. The van der Waals surface area contributed by atoms with Gasteiger partial charge in [0.1, 0.15) is 10.8 Å². The average Bonchev–Trinajstić information content (AvgIpc) is 3.16. The standard InChI is InChI=1S/C18H18N4O4S/c1-24-13-7-5-4-6-12(13)19-17(23)20-18-22-21-16(27-18)11-8-9-14(25-2)15(10-11)26-3/h4-10H,1-3H3,(H2,19,20,22,23). The fourth-order valence-electron chi connectivity index (χ4n) is 2.36. The van der Waals surface area contributed by atoms with Crippen LogP contribution in [0.2, 0.25) is 0 Å². The molecule has 27 heavy (non-hydrogen) atoms. The maximum absolute atomic E-state index is 12.2. The summed E-state index contributed by atoms with van der Waals surface area (Å²) in [7, 11) is 4.68. The number of methoxy groups -OCH3 is 3. The van der Waals surface area contributed by atoms with E-state index in [0.29, 0.717) is 33.1 Å². The third kappa shape index (κ3) is 4.26. The summed E-state index contributed by atoms with van der Waals surface area (Å²) in [5, 5.41) is 14.5. The Morgan fingerprint density at radius 1 is 0.889 bits per heavy atom. The topological polar surface area (TPSA) is 94.6 Å².